The van der Waals surface area contributed by atoms with Gasteiger partial charge in [0.15, 0.2) is 5.75 Å². The summed E-state index contributed by atoms with van der Waals surface area (Å²) in [6.45, 7) is 0. The molecular weight excluding hydrogens is 305 g/mol. The number of hydrogen-bond acceptors (Lipinski definition) is 5. The van der Waals surface area contributed by atoms with Crippen LogP contribution in [0.1, 0.15) is 17.7 Å². The number of aromatic nitrogens is 1. The van der Waals surface area contributed by atoms with Gasteiger partial charge in [0.25, 0.3) is 12.3 Å². The molecule has 1 aromatic heterocycles. The molecule has 1 heterocycles. The van der Waals surface area contributed by atoms with Crippen LogP contribution in [0.3, 0.4) is 0 Å². The summed E-state index contributed by atoms with van der Waals surface area (Å²) < 4.78 is 74.8. The fraction of sp³-hybridized carbons (Fsp3) is 0.455. The van der Waals surface area contributed by atoms with E-state index in [0.717, 1.165) is 14.2 Å². The van der Waals surface area contributed by atoms with Crippen molar-refractivity contribution in [1.29, 1.82) is 0 Å². The lowest BCUT2D eigenvalue weighted by Gasteiger charge is -2.15. The van der Waals surface area contributed by atoms with Crippen molar-refractivity contribution in [3.05, 3.63) is 17.3 Å². The molecule has 0 amide bonds. The molecule has 0 saturated carbocycles. The van der Waals surface area contributed by atoms with Crippen LogP contribution in [0.2, 0.25) is 0 Å². The minimum atomic E-state index is -5.09. The van der Waals surface area contributed by atoms with Crippen molar-refractivity contribution < 1.29 is 41.0 Å². The van der Waals surface area contributed by atoms with E-state index in [1.807, 2.05) is 0 Å². The summed E-state index contributed by atoms with van der Waals surface area (Å²) in [5, 5.41) is 0. The van der Waals surface area contributed by atoms with Crippen LogP contribution in [0.4, 0.5) is 22.0 Å². The van der Waals surface area contributed by atoms with Crippen LogP contribution in [0.5, 0.6) is 11.6 Å². The number of methoxy groups -OCH3 is 2. The van der Waals surface area contributed by atoms with Gasteiger partial charge in [0.05, 0.1) is 26.3 Å². The maximum Gasteiger partial charge on any atom is 0.574 e. The van der Waals surface area contributed by atoms with Gasteiger partial charge in [-0.1, -0.05) is 0 Å². The second-order valence-electron chi connectivity index (χ2n) is 3.63. The zero-order valence-electron chi connectivity index (χ0n) is 10.8. The summed E-state index contributed by atoms with van der Waals surface area (Å²) in [5.74, 6) is -2.63. The van der Waals surface area contributed by atoms with E-state index in [1.54, 1.807) is 0 Å². The van der Waals surface area contributed by atoms with E-state index < -0.39 is 48.1 Å². The van der Waals surface area contributed by atoms with Gasteiger partial charge in [-0.25, -0.2) is 13.8 Å². The van der Waals surface area contributed by atoms with Gasteiger partial charge in [0.2, 0.25) is 0 Å². The average molecular weight is 315 g/mol. The molecule has 0 N–H and O–H groups in total. The third kappa shape index (κ3) is 4.72. The molecule has 0 saturated heterocycles. The molecule has 0 bridgehead atoms. The summed E-state index contributed by atoms with van der Waals surface area (Å²) in [5.41, 5.74) is -1.33. The first-order chi connectivity index (χ1) is 9.67. The topological polar surface area (TPSA) is 57.7 Å². The van der Waals surface area contributed by atoms with Crippen LogP contribution >= 0.6 is 0 Å². The summed E-state index contributed by atoms with van der Waals surface area (Å²) in [6.07, 6.45) is -8.88. The Bertz CT molecular complexity index is 518. The molecule has 0 atom stereocenters. The Morgan fingerprint density at radius 2 is 1.95 bits per heavy atom. The molecule has 10 heteroatoms. The number of carbonyl (C=O) groups excluding carboxylic acids is 1. The fourth-order valence-corrected chi connectivity index (χ4v) is 1.40. The first-order valence-corrected chi connectivity index (χ1v) is 5.36. The second kappa shape index (κ2) is 6.55. The molecule has 0 aromatic carbocycles. The Kier molecular flexibility index (Phi) is 5.28. The van der Waals surface area contributed by atoms with Crippen LogP contribution in [0, 0.1) is 0 Å². The highest BCUT2D eigenvalue weighted by Gasteiger charge is 2.34. The van der Waals surface area contributed by atoms with Crippen molar-refractivity contribution in [3.8, 4) is 11.6 Å². The summed E-state index contributed by atoms with van der Waals surface area (Å²) >= 11 is 0. The standard InChI is InChI=1S/C11H10F5NO4/c1-19-7-3-5(9(12)13)6(4-8(18)20-2)17-10(7)21-11(14,15)16/h3,9H,4H2,1-2H3. The molecule has 0 aliphatic carbocycles. The number of pyridine rings is 1. The molecule has 0 unspecified atom stereocenters. The van der Waals surface area contributed by atoms with Crippen molar-refractivity contribution >= 4 is 5.97 Å². The van der Waals surface area contributed by atoms with E-state index in [0.29, 0.717) is 6.07 Å². The largest absolute Gasteiger partial charge is 0.574 e. The molecule has 21 heavy (non-hydrogen) atoms. The predicted octanol–water partition coefficient (Wildman–Crippen LogP) is 2.64. The highest BCUT2D eigenvalue weighted by Crippen LogP contribution is 2.35. The maximum absolute atomic E-state index is 12.9. The van der Waals surface area contributed by atoms with Gasteiger partial charge in [-0.3, -0.25) is 4.79 Å². The number of rotatable bonds is 5. The highest BCUT2D eigenvalue weighted by atomic mass is 19.4. The van der Waals surface area contributed by atoms with Gasteiger partial charge in [0, 0.05) is 5.56 Å². The SMILES string of the molecule is COC(=O)Cc1nc(OC(F)(F)F)c(OC)cc1C(F)F. The van der Waals surface area contributed by atoms with Gasteiger partial charge in [-0.05, 0) is 6.07 Å². The number of alkyl halides is 5. The van der Waals surface area contributed by atoms with Gasteiger partial charge in [0.1, 0.15) is 0 Å². The summed E-state index contributed by atoms with van der Waals surface area (Å²) in [4.78, 5) is 14.4. The minimum absolute atomic E-state index is 0.586. The molecule has 0 spiro atoms. The van der Waals surface area contributed by atoms with E-state index in [2.05, 4.69) is 19.2 Å². The first kappa shape index (κ1) is 16.9. The van der Waals surface area contributed by atoms with Gasteiger partial charge in [-0.2, -0.15) is 0 Å². The first-order valence-electron chi connectivity index (χ1n) is 5.36. The predicted molar refractivity (Wildman–Crippen MR) is 58.1 cm³/mol. The minimum Gasteiger partial charge on any atom is -0.491 e. The fourth-order valence-electron chi connectivity index (χ4n) is 1.40. The van der Waals surface area contributed by atoms with Crippen LogP contribution < -0.4 is 9.47 Å². The Morgan fingerprint density at radius 1 is 1.33 bits per heavy atom. The Hall–Kier alpha value is -2.13. The lowest BCUT2D eigenvalue weighted by atomic mass is 10.1. The van der Waals surface area contributed by atoms with Crippen LogP contribution in [0.25, 0.3) is 0 Å². The van der Waals surface area contributed by atoms with Gasteiger partial charge < -0.3 is 14.2 Å². The molecular formula is C11H10F5NO4. The molecule has 1 rings (SSSR count). The Morgan fingerprint density at radius 3 is 2.38 bits per heavy atom. The zero-order valence-corrected chi connectivity index (χ0v) is 10.8. The monoisotopic (exact) mass is 315 g/mol. The van der Waals surface area contributed by atoms with Gasteiger partial charge >= 0.3 is 12.3 Å². The van der Waals surface area contributed by atoms with E-state index in [-0.39, 0.29) is 0 Å². The number of esters is 1. The number of hydrogen-bond donors (Lipinski definition) is 0. The van der Waals surface area contributed by atoms with Crippen LogP contribution in [-0.4, -0.2) is 31.5 Å². The highest BCUT2D eigenvalue weighted by molar-refractivity contribution is 5.72. The van der Waals surface area contributed by atoms with Crippen molar-refractivity contribution in [2.24, 2.45) is 0 Å². The van der Waals surface area contributed by atoms with E-state index in [4.69, 9.17) is 0 Å². The summed E-state index contributed by atoms with van der Waals surface area (Å²) in [7, 11) is 1.97. The average Bonchev–Trinajstić information content (AvgIpc) is 2.36. The van der Waals surface area contributed by atoms with E-state index >= 15 is 0 Å². The lowest BCUT2D eigenvalue weighted by Crippen LogP contribution is -2.20. The molecule has 118 valence electrons. The van der Waals surface area contributed by atoms with Crippen molar-refractivity contribution in [3.63, 3.8) is 0 Å². The van der Waals surface area contributed by atoms with Crippen LogP contribution in [0.15, 0.2) is 6.07 Å². The van der Waals surface area contributed by atoms with Crippen LogP contribution in [-0.2, 0) is 16.0 Å². The number of ether oxygens (including phenoxy) is 3. The Labute approximate surface area is 115 Å². The van der Waals surface area contributed by atoms with Crippen molar-refractivity contribution in [2.75, 3.05) is 14.2 Å². The molecule has 0 radical (unpaired) electrons. The lowest BCUT2D eigenvalue weighted by molar-refractivity contribution is -0.276. The zero-order chi connectivity index (χ0) is 16.2. The number of carbonyl (C=O) groups is 1. The number of halogens is 5. The van der Waals surface area contributed by atoms with Crippen molar-refractivity contribution in [1.82, 2.24) is 4.98 Å². The molecule has 5 nitrogen and oxygen atoms in total. The quantitative estimate of drug-likeness (QED) is 0.617. The third-order valence-electron chi connectivity index (χ3n) is 2.27. The third-order valence-corrected chi connectivity index (χ3v) is 2.27. The molecule has 1 aromatic rings. The van der Waals surface area contributed by atoms with Gasteiger partial charge in [-0.15, -0.1) is 13.2 Å². The molecule has 0 fully saturated rings. The summed E-state index contributed by atoms with van der Waals surface area (Å²) in [6, 6.07) is 0.636. The maximum atomic E-state index is 12.9. The smallest absolute Gasteiger partial charge is 0.491 e. The van der Waals surface area contributed by atoms with E-state index in [9.17, 15) is 26.7 Å². The Balaban J connectivity index is 3.31. The molecule has 0 aliphatic heterocycles. The molecule has 0 aliphatic rings. The van der Waals surface area contributed by atoms with Crippen molar-refractivity contribution in [2.45, 2.75) is 19.2 Å². The second-order valence-corrected chi connectivity index (χ2v) is 3.63. The normalized spacial score (nSPS) is 11.4. The van der Waals surface area contributed by atoms with E-state index in [1.165, 1.54) is 0 Å². The number of nitrogens with zero attached hydrogens (tertiary/aromatic N) is 1.